The van der Waals surface area contributed by atoms with Crippen LogP contribution in [0.2, 0.25) is 5.02 Å². The minimum atomic E-state index is -0.464. The van der Waals surface area contributed by atoms with Gasteiger partial charge in [-0.25, -0.2) is 4.68 Å². The maximum atomic E-state index is 11.1. The number of nitrogen functional groups attached to an aromatic ring is 1. The van der Waals surface area contributed by atoms with Crippen LogP contribution in [0, 0.1) is 15.5 Å². The van der Waals surface area contributed by atoms with E-state index in [0.29, 0.717) is 22.8 Å². The standard InChI is InChI=1S/C14H17ClN4O2/c1-14(2,3)8-9-12(15)13(16)18(17-9)10-6-4-5-7-11(10)19(20)21/h4-7H,8,16H2,1-3H3. The molecule has 112 valence electrons. The van der Waals surface area contributed by atoms with E-state index in [9.17, 15) is 10.1 Å². The summed E-state index contributed by atoms with van der Waals surface area (Å²) < 4.78 is 1.33. The lowest BCUT2D eigenvalue weighted by molar-refractivity contribution is -0.384. The summed E-state index contributed by atoms with van der Waals surface area (Å²) in [5, 5.41) is 15.8. The Bertz CT molecular complexity index is 689. The van der Waals surface area contributed by atoms with Crippen LogP contribution in [-0.4, -0.2) is 14.7 Å². The molecule has 2 N–H and O–H groups in total. The van der Waals surface area contributed by atoms with Crippen molar-refractivity contribution < 1.29 is 4.92 Å². The fourth-order valence-electron chi connectivity index (χ4n) is 2.06. The lowest BCUT2D eigenvalue weighted by atomic mass is 9.91. The van der Waals surface area contributed by atoms with Gasteiger partial charge in [0.15, 0.2) is 0 Å². The number of nitrogens with two attached hydrogens (primary N) is 1. The lowest BCUT2D eigenvalue weighted by Crippen LogP contribution is -2.10. The quantitative estimate of drug-likeness (QED) is 0.693. The van der Waals surface area contributed by atoms with Crippen LogP contribution in [0.15, 0.2) is 24.3 Å². The van der Waals surface area contributed by atoms with Crippen LogP contribution in [0.4, 0.5) is 11.5 Å². The summed E-state index contributed by atoms with van der Waals surface area (Å²) in [6.45, 7) is 6.18. The highest BCUT2D eigenvalue weighted by Crippen LogP contribution is 2.33. The highest BCUT2D eigenvalue weighted by molar-refractivity contribution is 6.33. The maximum Gasteiger partial charge on any atom is 0.294 e. The number of hydrogen-bond donors (Lipinski definition) is 1. The summed E-state index contributed by atoms with van der Waals surface area (Å²) in [4.78, 5) is 10.7. The number of nitro groups is 1. The molecule has 0 saturated heterocycles. The molecule has 0 bridgehead atoms. The first kappa shape index (κ1) is 15.3. The van der Waals surface area contributed by atoms with Crippen molar-refractivity contribution in [1.29, 1.82) is 0 Å². The van der Waals surface area contributed by atoms with E-state index in [1.807, 2.05) is 0 Å². The Kier molecular flexibility index (Phi) is 3.91. The maximum absolute atomic E-state index is 11.1. The summed E-state index contributed by atoms with van der Waals surface area (Å²) in [6.07, 6.45) is 0.629. The summed E-state index contributed by atoms with van der Waals surface area (Å²) in [5.41, 5.74) is 6.84. The Balaban J connectivity index is 2.56. The number of nitro benzene ring substituents is 1. The number of anilines is 1. The zero-order chi connectivity index (χ0) is 15.8. The number of hydrogen-bond acceptors (Lipinski definition) is 4. The Hall–Kier alpha value is -2.08. The van der Waals surface area contributed by atoms with Crippen LogP contribution in [0.3, 0.4) is 0 Å². The molecule has 1 heterocycles. The van der Waals surface area contributed by atoms with Gasteiger partial charge < -0.3 is 5.73 Å². The van der Waals surface area contributed by atoms with Gasteiger partial charge in [0.2, 0.25) is 0 Å². The van der Waals surface area contributed by atoms with Gasteiger partial charge >= 0.3 is 0 Å². The first-order valence-corrected chi connectivity index (χ1v) is 6.85. The third-order valence-corrected chi connectivity index (χ3v) is 3.34. The fraction of sp³-hybridized carbons (Fsp3) is 0.357. The van der Waals surface area contributed by atoms with Crippen molar-refractivity contribution in [2.24, 2.45) is 5.41 Å². The van der Waals surface area contributed by atoms with E-state index in [1.165, 1.54) is 10.7 Å². The molecule has 1 aromatic carbocycles. The molecule has 0 saturated carbocycles. The predicted molar refractivity (Wildman–Crippen MR) is 82.8 cm³/mol. The average Bonchev–Trinajstić information content (AvgIpc) is 2.65. The molecule has 21 heavy (non-hydrogen) atoms. The van der Waals surface area contributed by atoms with Gasteiger partial charge in [-0.1, -0.05) is 44.5 Å². The second kappa shape index (κ2) is 5.37. The highest BCUT2D eigenvalue weighted by Gasteiger charge is 2.23. The normalized spacial score (nSPS) is 11.6. The largest absolute Gasteiger partial charge is 0.382 e. The van der Waals surface area contributed by atoms with Gasteiger partial charge in [-0.3, -0.25) is 10.1 Å². The van der Waals surface area contributed by atoms with Crippen molar-refractivity contribution >= 4 is 23.1 Å². The molecule has 0 aliphatic carbocycles. The van der Waals surface area contributed by atoms with Gasteiger partial charge in [0.05, 0.1) is 10.6 Å². The molecule has 0 fully saturated rings. The third kappa shape index (κ3) is 3.16. The third-order valence-electron chi connectivity index (χ3n) is 2.93. The van der Waals surface area contributed by atoms with Crippen molar-refractivity contribution in [3.8, 4) is 5.69 Å². The molecule has 6 nitrogen and oxygen atoms in total. The molecule has 0 atom stereocenters. The number of rotatable bonds is 3. The summed E-state index contributed by atoms with van der Waals surface area (Å²) in [5.74, 6) is 0.213. The number of benzene rings is 1. The molecule has 2 rings (SSSR count). The number of halogens is 1. The molecular weight excluding hydrogens is 292 g/mol. The molecule has 1 aromatic heterocycles. The summed E-state index contributed by atoms with van der Waals surface area (Å²) in [6, 6.07) is 6.30. The van der Waals surface area contributed by atoms with Gasteiger partial charge in [-0.2, -0.15) is 5.10 Å². The minimum Gasteiger partial charge on any atom is -0.382 e. The van der Waals surface area contributed by atoms with Gasteiger partial charge in [0.25, 0.3) is 5.69 Å². The Morgan fingerprint density at radius 1 is 1.38 bits per heavy atom. The van der Waals surface area contributed by atoms with Crippen LogP contribution in [0.5, 0.6) is 0 Å². The van der Waals surface area contributed by atoms with Crippen LogP contribution in [-0.2, 0) is 6.42 Å². The number of nitrogens with zero attached hydrogens (tertiary/aromatic N) is 3. The first-order chi connectivity index (χ1) is 9.70. The Morgan fingerprint density at radius 2 is 2.00 bits per heavy atom. The van der Waals surface area contributed by atoms with Gasteiger partial charge in [-0.15, -0.1) is 0 Å². The van der Waals surface area contributed by atoms with Crippen molar-refractivity contribution in [2.75, 3.05) is 5.73 Å². The minimum absolute atomic E-state index is 0.0160. The molecule has 7 heteroatoms. The molecular formula is C14H17ClN4O2. The molecule has 0 radical (unpaired) electrons. The van der Waals surface area contributed by atoms with Crippen LogP contribution >= 0.6 is 11.6 Å². The van der Waals surface area contributed by atoms with Crippen molar-refractivity contribution in [1.82, 2.24) is 9.78 Å². The molecule has 0 aliphatic heterocycles. The monoisotopic (exact) mass is 308 g/mol. The lowest BCUT2D eigenvalue weighted by Gasteiger charge is -2.16. The zero-order valence-electron chi connectivity index (χ0n) is 12.1. The SMILES string of the molecule is CC(C)(C)Cc1nn(-c2ccccc2[N+](=O)[O-])c(N)c1Cl. The molecule has 0 amide bonds. The van der Waals surface area contributed by atoms with Gasteiger partial charge in [-0.05, 0) is 17.9 Å². The molecule has 0 aliphatic rings. The van der Waals surface area contributed by atoms with Crippen LogP contribution < -0.4 is 5.73 Å². The zero-order valence-corrected chi connectivity index (χ0v) is 12.9. The molecule has 0 spiro atoms. The van der Waals surface area contributed by atoms with Crippen LogP contribution in [0.25, 0.3) is 5.69 Å². The van der Waals surface area contributed by atoms with Crippen molar-refractivity contribution in [3.63, 3.8) is 0 Å². The second-order valence-corrected chi connectivity index (χ2v) is 6.42. The first-order valence-electron chi connectivity index (χ1n) is 6.47. The van der Waals surface area contributed by atoms with E-state index >= 15 is 0 Å². The fourth-order valence-corrected chi connectivity index (χ4v) is 2.24. The van der Waals surface area contributed by atoms with Crippen molar-refractivity contribution in [2.45, 2.75) is 27.2 Å². The highest BCUT2D eigenvalue weighted by atomic mass is 35.5. The van der Waals surface area contributed by atoms with E-state index in [0.717, 1.165) is 0 Å². The Labute approximate surface area is 127 Å². The average molecular weight is 309 g/mol. The Morgan fingerprint density at radius 3 is 2.57 bits per heavy atom. The van der Waals surface area contributed by atoms with E-state index in [1.54, 1.807) is 18.2 Å². The predicted octanol–water partition coefficient (Wildman–Crippen LogP) is 3.60. The molecule has 0 unspecified atom stereocenters. The summed E-state index contributed by atoms with van der Waals surface area (Å²) >= 11 is 6.22. The van der Waals surface area contributed by atoms with E-state index in [2.05, 4.69) is 25.9 Å². The van der Waals surface area contributed by atoms with E-state index < -0.39 is 4.92 Å². The van der Waals surface area contributed by atoms with E-state index in [-0.39, 0.29) is 16.9 Å². The van der Waals surface area contributed by atoms with E-state index in [4.69, 9.17) is 17.3 Å². The second-order valence-electron chi connectivity index (χ2n) is 6.04. The number of para-hydroxylation sites is 2. The van der Waals surface area contributed by atoms with Gasteiger partial charge in [0, 0.05) is 6.07 Å². The smallest absolute Gasteiger partial charge is 0.294 e. The van der Waals surface area contributed by atoms with Gasteiger partial charge in [0.1, 0.15) is 16.5 Å². The number of aromatic nitrogens is 2. The topological polar surface area (TPSA) is 87.0 Å². The van der Waals surface area contributed by atoms with Crippen LogP contribution in [0.1, 0.15) is 26.5 Å². The van der Waals surface area contributed by atoms with Crippen molar-refractivity contribution in [3.05, 3.63) is 45.1 Å². The summed E-state index contributed by atoms with van der Waals surface area (Å²) in [7, 11) is 0. The molecule has 2 aromatic rings.